The predicted octanol–water partition coefficient (Wildman–Crippen LogP) is 2.34. The summed E-state index contributed by atoms with van der Waals surface area (Å²) in [6, 6.07) is 1.13. The molecule has 0 aliphatic rings. The minimum Gasteiger partial charge on any atom is -0.507 e. The van der Waals surface area contributed by atoms with Gasteiger partial charge in [0.1, 0.15) is 28.5 Å². The molecule has 6 N–H and O–H groups in total. The van der Waals surface area contributed by atoms with Crippen molar-refractivity contribution < 1.29 is 40.2 Å². The Hall–Kier alpha value is -1.94. The van der Waals surface area contributed by atoms with Crippen molar-refractivity contribution in [2.45, 2.75) is 71.2 Å². The number of carbonyl (C=O) groups is 1. The maximum absolute atomic E-state index is 11.6. The first-order chi connectivity index (χ1) is 13.1. The number of thiocarbonyl (C=S) groups is 1. The van der Waals surface area contributed by atoms with Crippen LogP contribution in [0.2, 0.25) is 0 Å². The van der Waals surface area contributed by atoms with Crippen LogP contribution < -0.4 is 4.74 Å². The van der Waals surface area contributed by atoms with Gasteiger partial charge >= 0.3 is 5.97 Å². The van der Waals surface area contributed by atoms with Crippen LogP contribution in [-0.2, 0) is 10.4 Å². The SMILES string of the molecule is Cc1c(O)cc(OC(=S)CC(C)O)c(C(O)(CC(C)C)C(C)(O)CC(=O)O)c1O. The van der Waals surface area contributed by atoms with Crippen molar-refractivity contribution in [1.29, 1.82) is 0 Å². The minimum atomic E-state index is -2.25. The number of benzene rings is 1. The summed E-state index contributed by atoms with van der Waals surface area (Å²) in [7, 11) is 0. The number of carboxylic acid groups (broad SMARTS) is 1. The third kappa shape index (κ3) is 5.79. The topological polar surface area (TPSA) is 148 Å². The molecular weight excluding hydrogens is 400 g/mol. The second-order valence-corrected chi connectivity index (χ2v) is 8.53. The van der Waals surface area contributed by atoms with Gasteiger partial charge in [-0.2, -0.15) is 0 Å². The third-order valence-corrected chi connectivity index (χ3v) is 4.93. The zero-order chi connectivity index (χ0) is 22.7. The van der Waals surface area contributed by atoms with Crippen molar-refractivity contribution in [3.8, 4) is 17.2 Å². The van der Waals surface area contributed by atoms with E-state index in [1.807, 2.05) is 0 Å². The zero-order valence-electron chi connectivity index (χ0n) is 17.3. The maximum Gasteiger partial charge on any atom is 0.306 e. The summed E-state index contributed by atoms with van der Waals surface area (Å²) < 4.78 is 5.53. The Morgan fingerprint density at radius 3 is 2.24 bits per heavy atom. The second kappa shape index (κ2) is 9.25. The van der Waals surface area contributed by atoms with Crippen LogP contribution >= 0.6 is 12.2 Å². The summed E-state index contributed by atoms with van der Waals surface area (Å²) in [5.74, 6) is -2.69. The average molecular weight is 431 g/mol. The molecule has 0 radical (unpaired) electrons. The molecule has 0 heterocycles. The van der Waals surface area contributed by atoms with Gasteiger partial charge in [-0.15, -0.1) is 0 Å². The quantitative estimate of drug-likeness (QED) is 0.325. The van der Waals surface area contributed by atoms with Gasteiger partial charge in [-0.3, -0.25) is 4.79 Å². The van der Waals surface area contributed by atoms with Crippen LogP contribution in [0.15, 0.2) is 6.07 Å². The van der Waals surface area contributed by atoms with E-state index in [0.717, 1.165) is 13.0 Å². The summed E-state index contributed by atoms with van der Waals surface area (Å²) in [5.41, 5.74) is -4.71. The monoisotopic (exact) mass is 430 g/mol. The van der Waals surface area contributed by atoms with Gasteiger partial charge in [0.25, 0.3) is 0 Å². The fourth-order valence-corrected chi connectivity index (χ4v) is 3.57. The smallest absolute Gasteiger partial charge is 0.306 e. The van der Waals surface area contributed by atoms with E-state index in [4.69, 9.17) is 17.0 Å². The van der Waals surface area contributed by atoms with Crippen molar-refractivity contribution in [2.75, 3.05) is 0 Å². The number of aliphatic hydroxyl groups is 3. The molecule has 0 amide bonds. The molecule has 0 saturated heterocycles. The normalized spacial score (nSPS) is 16.7. The Kier molecular flexibility index (Phi) is 8.01. The van der Waals surface area contributed by atoms with Crippen LogP contribution in [0.1, 0.15) is 58.1 Å². The Balaban J connectivity index is 3.76. The molecule has 1 aromatic rings. The van der Waals surface area contributed by atoms with E-state index >= 15 is 0 Å². The van der Waals surface area contributed by atoms with E-state index in [1.54, 1.807) is 13.8 Å². The van der Waals surface area contributed by atoms with Gasteiger partial charge in [0.2, 0.25) is 0 Å². The second-order valence-electron chi connectivity index (χ2n) is 8.07. The lowest BCUT2D eigenvalue weighted by Gasteiger charge is -2.43. The Morgan fingerprint density at radius 2 is 1.79 bits per heavy atom. The van der Waals surface area contributed by atoms with Gasteiger partial charge in [0, 0.05) is 18.1 Å². The highest BCUT2D eigenvalue weighted by atomic mass is 32.1. The van der Waals surface area contributed by atoms with Crippen molar-refractivity contribution in [3.63, 3.8) is 0 Å². The molecule has 9 heteroatoms. The van der Waals surface area contributed by atoms with E-state index in [2.05, 4.69) is 0 Å². The highest BCUT2D eigenvalue weighted by Gasteiger charge is 2.52. The molecule has 1 rings (SSSR count). The molecule has 164 valence electrons. The molecule has 0 saturated carbocycles. The number of phenolic OH excluding ortho intramolecular Hbond substituents is 2. The number of aliphatic hydroxyl groups excluding tert-OH is 1. The van der Waals surface area contributed by atoms with Gasteiger partial charge in [-0.05, 0) is 45.3 Å². The lowest BCUT2D eigenvalue weighted by molar-refractivity contribution is -0.176. The number of phenols is 2. The molecule has 0 aliphatic heterocycles. The first-order valence-corrected chi connectivity index (χ1v) is 9.64. The summed E-state index contributed by atoms with van der Waals surface area (Å²) in [5, 5.41) is 62.1. The molecule has 3 unspecified atom stereocenters. The largest absolute Gasteiger partial charge is 0.507 e. The van der Waals surface area contributed by atoms with E-state index < -0.39 is 35.4 Å². The van der Waals surface area contributed by atoms with Crippen molar-refractivity contribution in [3.05, 3.63) is 17.2 Å². The third-order valence-electron chi connectivity index (χ3n) is 4.68. The highest BCUT2D eigenvalue weighted by molar-refractivity contribution is 7.80. The van der Waals surface area contributed by atoms with E-state index in [0.29, 0.717) is 0 Å². The van der Waals surface area contributed by atoms with Gasteiger partial charge in [-0.25, -0.2) is 0 Å². The predicted molar refractivity (Wildman–Crippen MR) is 110 cm³/mol. The van der Waals surface area contributed by atoms with E-state index in [9.17, 15) is 35.4 Å². The van der Waals surface area contributed by atoms with Gasteiger partial charge in [0.15, 0.2) is 5.05 Å². The summed E-state index contributed by atoms with van der Waals surface area (Å²) in [4.78, 5) is 11.3. The number of hydrogen-bond acceptors (Lipinski definition) is 8. The number of hydrogen-bond donors (Lipinski definition) is 6. The van der Waals surface area contributed by atoms with Crippen molar-refractivity contribution in [2.24, 2.45) is 5.92 Å². The number of carboxylic acids is 1. The van der Waals surface area contributed by atoms with Gasteiger partial charge in [0.05, 0.1) is 18.1 Å². The zero-order valence-corrected chi connectivity index (χ0v) is 18.1. The fourth-order valence-electron chi connectivity index (χ4n) is 3.24. The molecule has 8 nitrogen and oxygen atoms in total. The lowest BCUT2D eigenvalue weighted by Crippen LogP contribution is -2.52. The first-order valence-electron chi connectivity index (χ1n) is 9.23. The Bertz CT molecular complexity index is 772. The standard InChI is InChI=1S/C20H30O8S/c1-10(2)8-20(27,19(5,26)9-15(23)24)17-14(28-16(29)6-11(3)21)7-13(22)12(4)18(17)25/h7,10-11,21-22,25-27H,6,8-9H2,1-5H3,(H,23,24). The Labute approximate surface area is 175 Å². The fraction of sp³-hybridized carbons (Fsp3) is 0.600. The molecule has 0 fully saturated rings. The molecule has 0 spiro atoms. The first kappa shape index (κ1) is 25.1. The molecule has 0 aliphatic carbocycles. The molecule has 0 bridgehead atoms. The molecule has 29 heavy (non-hydrogen) atoms. The van der Waals surface area contributed by atoms with Crippen LogP contribution in [-0.4, -0.2) is 53.4 Å². The average Bonchev–Trinajstić information content (AvgIpc) is 2.49. The Morgan fingerprint density at radius 1 is 1.24 bits per heavy atom. The molecule has 1 aromatic carbocycles. The number of aromatic hydroxyl groups is 2. The summed E-state index contributed by atoms with van der Waals surface area (Å²) >= 11 is 5.08. The summed E-state index contributed by atoms with van der Waals surface area (Å²) in [6.45, 7) is 7.56. The minimum absolute atomic E-state index is 0.0158. The van der Waals surface area contributed by atoms with Crippen LogP contribution in [0, 0.1) is 12.8 Å². The highest BCUT2D eigenvalue weighted by Crippen LogP contribution is 2.51. The van der Waals surface area contributed by atoms with Crippen molar-refractivity contribution in [1.82, 2.24) is 0 Å². The lowest BCUT2D eigenvalue weighted by atomic mass is 9.71. The maximum atomic E-state index is 11.6. The van der Waals surface area contributed by atoms with Crippen LogP contribution in [0.25, 0.3) is 0 Å². The van der Waals surface area contributed by atoms with Gasteiger partial charge < -0.3 is 35.4 Å². The van der Waals surface area contributed by atoms with E-state index in [-0.39, 0.29) is 46.4 Å². The van der Waals surface area contributed by atoms with Crippen LogP contribution in [0.4, 0.5) is 0 Å². The summed E-state index contributed by atoms with van der Waals surface area (Å²) in [6.07, 6.45) is -1.78. The number of aliphatic carboxylic acids is 1. The van der Waals surface area contributed by atoms with Crippen LogP contribution in [0.5, 0.6) is 17.2 Å². The molecular formula is C20H30O8S. The number of rotatable bonds is 9. The molecule has 0 aromatic heterocycles. The van der Waals surface area contributed by atoms with Gasteiger partial charge in [-0.1, -0.05) is 13.8 Å². The van der Waals surface area contributed by atoms with Crippen LogP contribution in [0.3, 0.4) is 0 Å². The van der Waals surface area contributed by atoms with Crippen molar-refractivity contribution >= 4 is 23.2 Å². The van der Waals surface area contributed by atoms with E-state index in [1.165, 1.54) is 13.8 Å². The number of ether oxygens (including phenoxy) is 1. The molecule has 3 atom stereocenters.